The van der Waals surface area contributed by atoms with E-state index in [9.17, 15) is 9.18 Å². The zero-order valence-corrected chi connectivity index (χ0v) is 13.4. The Morgan fingerprint density at radius 2 is 1.87 bits per heavy atom. The lowest BCUT2D eigenvalue weighted by atomic mass is 10.2. The first kappa shape index (κ1) is 16.9. The number of ether oxygens (including phenoxy) is 2. The first-order valence-corrected chi connectivity index (χ1v) is 7.12. The van der Waals surface area contributed by atoms with Crippen molar-refractivity contribution in [2.45, 2.75) is 6.54 Å². The van der Waals surface area contributed by atoms with Gasteiger partial charge >= 0.3 is 6.03 Å². The van der Waals surface area contributed by atoms with Crippen LogP contribution in [-0.2, 0) is 6.54 Å². The highest BCUT2D eigenvalue weighted by Crippen LogP contribution is 2.35. The topological polar surface area (TPSA) is 59.6 Å². The summed E-state index contributed by atoms with van der Waals surface area (Å²) in [5, 5.41) is 5.55. The molecule has 0 bridgehead atoms. The molecule has 0 aliphatic rings. The molecule has 0 heterocycles. The minimum atomic E-state index is -0.504. The summed E-state index contributed by atoms with van der Waals surface area (Å²) < 4.78 is 23.8. The van der Waals surface area contributed by atoms with Crippen LogP contribution in [-0.4, -0.2) is 20.3 Å². The van der Waals surface area contributed by atoms with E-state index in [1.165, 1.54) is 26.4 Å². The Hall–Kier alpha value is -2.47. The molecule has 0 radical (unpaired) electrons. The van der Waals surface area contributed by atoms with Crippen LogP contribution >= 0.6 is 11.6 Å². The molecule has 2 aromatic carbocycles. The minimum Gasteiger partial charge on any atom is -0.495 e. The number of amides is 2. The van der Waals surface area contributed by atoms with Crippen molar-refractivity contribution >= 4 is 23.3 Å². The number of rotatable bonds is 5. The number of benzene rings is 2. The number of nitrogens with one attached hydrogen (secondary N) is 2. The van der Waals surface area contributed by atoms with Crippen LogP contribution in [0.5, 0.6) is 11.5 Å². The first-order chi connectivity index (χ1) is 11.0. The van der Waals surface area contributed by atoms with E-state index in [4.69, 9.17) is 21.1 Å². The summed E-state index contributed by atoms with van der Waals surface area (Å²) in [5.41, 5.74) is 0.781. The van der Waals surface area contributed by atoms with E-state index in [-0.39, 0.29) is 12.4 Å². The van der Waals surface area contributed by atoms with Crippen LogP contribution in [0.15, 0.2) is 36.4 Å². The van der Waals surface area contributed by atoms with Gasteiger partial charge in [0, 0.05) is 24.2 Å². The van der Waals surface area contributed by atoms with Crippen LogP contribution in [0.2, 0.25) is 5.02 Å². The molecule has 122 valence electrons. The Morgan fingerprint density at radius 1 is 1.17 bits per heavy atom. The normalized spacial score (nSPS) is 10.1. The molecule has 0 aliphatic carbocycles. The largest absolute Gasteiger partial charge is 0.495 e. The number of anilines is 1. The summed E-state index contributed by atoms with van der Waals surface area (Å²) >= 11 is 6.00. The third-order valence-electron chi connectivity index (χ3n) is 3.12. The zero-order chi connectivity index (χ0) is 16.8. The molecular weight excluding hydrogens is 323 g/mol. The van der Waals surface area contributed by atoms with E-state index in [0.29, 0.717) is 27.8 Å². The van der Waals surface area contributed by atoms with Gasteiger partial charge in [0.15, 0.2) is 0 Å². The molecule has 0 unspecified atom stereocenters. The number of hydrogen-bond acceptors (Lipinski definition) is 3. The Kier molecular flexibility index (Phi) is 5.65. The third-order valence-corrected chi connectivity index (χ3v) is 3.41. The zero-order valence-electron chi connectivity index (χ0n) is 12.7. The van der Waals surface area contributed by atoms with Gasteiger partial charge in [0.1, 0.15) is 17.3 Å². The lowest BCUT2D eigenvalue weighted by molar-refractivity contribution is 0.251. The van der Waals surface area contributed by atoms with Crippen molar-refractivity contribution < 1.29 is 18.7 Å². The maximum Gasteiger partial charge on any atom is 0.319 e. The number of carbonyl (C=O) groups is 1. The van der Waals surface area contributed by atoms with Gasteiger partial charge in [-0.2, -0.15) is 0 Å². The second kappa shape index (κ2) is 7.69. The van der Waals surface area contributed by atoms with Crippen LogP contribution in [0, 0.1) is 5.82 Å². The quantitative estimate of drug-likeness (QED) is 0.871. The average Bonchev–Trinajstić information content (AvgIpc) is 2.55. The molecule has 7 heteroatoms. The molecule has 0 spiro atoms. The van der Waals surface area contributed by atoms with Crippen LogP contribution in [0.4, 0.5) is 14.9 Å². The van der Waals surface area contributed by atoms with E-state index in [1.807, 2.05) is 0 Å². The van der Waals surface area contributed by atoms with E-state index in [1.54, 1.807) is 24.3 Å². The molecule has 0 saturated heterocycles. The fraction of sp³-hybridized carbons (Fsp3) is 0.188. The summed E-state index contributed by atoms with van der Waals surface area (Å²) in [6, 6.07) is 8.80. The number of carbonyl (C=O) groups excluding carboxylic acids is 1. The van der Waals surface area contributed by atoms with E-state index in [0.717, 1.165) is 0 Å². The van der Waals surface area contributed by atoms with Gasteiger partial charge in [-0.15, -0.1) is 0 Å². The second-order valence-corrected chi connectivity index (χ2v) is 4.99. The maximum absolute atomic E-state index is 13.5. The van der Waals surface area contributed by atoms with Gasteiger partial charge < -0.3 is 20.1 Å². The van der Waals surface area contributed by atoms with Crippen LogP contribution in [0.1, 0.15) is 5.56 Å². The van der Waals surface area contributed by atoms with Crippen molar-refractivity contribution in [3.63, 3.8) is 0 Å². The van der Waals surface area contributed by atoms with E-state index < -0.39 is 6.03 Å². The number of methoxy groups -OCH3 is 2. The Bertz CT molecular complexity index is 710. The molecule has 2 amide bonds. The predicted octanol–water partition coefficient (Wildman–Crippen LogP) is 3.82. The SMILES string of the molecule is COc1cc(NC(=O)NCc2ccccc2F)c(OC)cc1Cl. The molecule has 2 N–H and O–H groups in total. The van der Waals surface area contributed by atoms with Gasteiger partial charge in [-0.3, -0.25) is 0 Å². The van der Waals surface area contributed by atoms with Gasteiger partial charge in [0.05, 0.1) is 24.9 Å². The summed E-state index contributed by atoms with van der Waals surface area (Å²) in [6.07, 6.45) is 0. The highest BCUT2D eigenvalue weighted by Gasteiger charge is 2.12. The van der Waals surface area contributed by atoms with Crippen LogP contribution < -0.4 is 20.1 Å². The standard InChI is InChI=1S/C16H16ClFN2O3/c1-22-14-8-13(15(23-2)7-11(14)17)20-16(21)19-9-10-5-3-4-6-12(10)18/h3-8H,9H2,1-2H3,(H2,19,20,21). The third kappa shape index (κ3) is 4.26. The van der Waals surface area contributed by atoms with Gasteiger partial charge in [-0.05, 0) is 6.07 Å². The summed E-state index contributed by atoms with van der Waals surface area (Å²) in [7, 11) is 2.93. The van der Waals surface area contributed by atoms with Gasteiger partial charge in [-0.25, -0.2) is 9.18 Å². The maximum atomic E-state index is 13.5. The van der Waals surface area contributed by atoms with E-state index >= 15 is 0 Å². The van der Waals surface area contributed by atoms with Gasteiger partial charge in [-0.1, -0.05) is 29.8 Å². The van der Waals surface area contributed by atoms with Crippen molar-refractivity contribution in [1.29, 1.82) is 0 Å². The minimum absolute atomic E-state index is 0.0611. The highest BCUT2D eigenvalue weighted by molar-refractivity contribution is 6.32. The van der Waals surface area contributed by atoms with Crippen molar-refractivity contribution in [3.8, 4) is 11.5 Å². The molecule has 0 aliphatic heterocycles. The molecule has 5 nitrogen and oxygen atoms in total. The molecule has 0 fully saturated rings. The van der Waals surface area contributed by atoms with Crippen molar-refractivity contribution in [2.75, 3.05) is 19.5 Å². The van der Waals surface area contributed by atoms with Crippen LogP contribution in [0.25, 0.3) is 0 Å². The molecule has 2 rings (SSSR count). The Balaban J connectivity index is 2.06. The van der Waals surface area contributed by atoms with E-state index in [2.05, 4.69) is 10.6 Å². The molecule has 0 aromatic heterocycles. The molecular formula is C16H16ClFN2O3. The lowest BCUT2D eigenvalue weighted by Crippen LogP contribution is -2.28. The van der Waals surface area contributed by atoms with Crippen molar-refractivity contribution in [3.05, 3.63) is 52.8 Å². The van der Waals surface area contributed by atoms with Gasteiger partial charge in [0.2, 0.25) is 0 Å². The average molecular weight is 339 g/mol. The van der Waals surface area contributed by atoms with Crippen molar-refractivity contribution in [1.82, 2.24) is 5.32 Å². The number of urea groups is 1. The Labute approximate surface area is 138 Å². The molecule has 0 saturated carbocycles. The fourth-order valence-corrected chi connectivity index (χ4v) is 2.17. The predicted molar refractivity (Wildman–Crippen MR) is 86.8 cm³/mol. The number of hydrogen-bond donors (Lipinski definition) is 2. The second-order valence-electron chi connectivity index (χ2n) is 4.59. The van der Waals surface area contributed by atoms with Crippen molar-refractivity contribution in [2.24, 2.45) is 0 Å². The number of halogens is 2. The smallest absolute Gasteiger partial charge is 0.319 e. The Morgan fingerprint density at radius 3 is 2.52 bits per heavy atom. The molecule has 0 atom stereocenters. The molecule has 23 heavy (non-hydrogen) atoms. The summed E-state index contributed by atoms with van der Waals surface area (Å²) in [6.45, 7) is 0.0611. The lowest BCUT2D eigenvalue weighted by Gasteiger charge is -2.14. The van der Waals surface area contributed by atoms with Gasteiger partial charge in [0.25, 0.3) is 0 Å². The summed E-state index contributed by atoms with van der Waals surface area (Å²) in [4.78, 5) is 12.0. The summed E-state index contributed by atoms with van der Waals surface area (Å²) in [5.74, 6) is 0.409. The monoisotopic (exact) mass is 338 g/mol. The highest BCUT2D eigenvalue weighted by atomic mass is 35.5. The fourth-order valence-electron chi connectivity index (χ4n) is 1.94. The first-order valence-electron chi connectivity index (χ1n) is 6.75. The molecule has 2 aromatic rings. The van der Waals surface area contributed by atoms with Crippen LogP contribution in [0.3, 0.4) is 0 Å².